The van der Waals surface area contributed by atoms with E-state index in [-0.39, 0.29) is 17.8 Å². The Morgan fingerprint density at radius 3 is 2.71 bits per heavy atom. The average Bonchev–Trinajstić information content (AvgIpc) is 2.20. The number of nitrogens with one attached hydrogen (secondary N) is 2. The Bertz CT molecular complexity index is 327. The molecule has 0 aliphatic heterocycles. The van der Waals surface area contributed by atoms with Crippen LogP contribution in [0.25, 0.3) is 0 Å². The summed E-state index contributed by atoms with van der Waals surface area (Å²) in [5, 5.41) is 5.36. The summed E-state index contributed by atoms with van der Waals surface area (Å²) in [5.41, 5.74) is 5.54. The van der Waals surface area contributed by atoms with Gasteiger partial charge in [-0.25, -0.2) is 9.97 Å². The summed E-state index contributed by atoms with van der Waals surface area (Å²) < 4.78 is 0. The van der Waals surface area contributed by atoms with E-state index in [4.69, 9.17) is 5.73 Å². The molecule has 0 saturated heterocycles. The van der Waals surface area contributed by atoms with Crippen LogP contribution in [-0.2, 0) is 4.79 Å². The summed E-state index contributed by atoms with van der Waals surface area (Å²) in [4.78, 5) is 19.0. The lowest BCUT2D eigenvalue weighted by molar-refractivity contribution is -0.121. The molecule has 1 unspecified atom stereocenters. The molecule has 1 aromatic heterocycles. The molecule has 0 aromatic carbocycles. The van der Waals surface area contributed by atoms with Gasteiger partial charge in [-0.3, -0.25) is 4.79 Å². The fraction of sp³-hybridized carbons (Fsp3) is 0.375. The van der Waals surface area contributed by atoms with Crippen molar-refractivity contribution in [1.29, 1.82) is 0 Å². The lowest BCUT2D eigenvalue weighted by Crippen LogP contribution is -2.35. The van der Waals surface area contributed by atoms with Crippen LogP contribution in [-0.4, -0.2) is 29.0 Å². The second-order valence-electron chi connectivity index (χ2n) is 2.77. The largest absolute Gasteiger partial charge is 0.381 e. The smallest absolute Gasteiger partial charge is 0.241 e. The van der Waals surface area contributed by atoms with Gasteiger partial charge in [-0.2, -0.15) is 0 Å². The molecule has 0 spiro atoms. The van der Waals surface area contributed by atoms with Gasteiger partial charge in [0.15, 0.2) is 11.6 Å². The molecule has 0 aliphatic rings. The molecule has 14 heavy (non-hydrogen) atoms. The number of nitrogens with zero attached hydrogens (tertiary/aromatic N) is 2. The van der Waals surface area contributed by atoms with Crippen LogP contribution in [0.1, 0.15) is 6.92 Å². The molecule has 0 radical (unpaired) electrons. The van der Waals surface area contributed by atoms with Crippen LogP contribution < -0.4 is 16.4 Å². The van der Waals surface area contributed by atoms with Crippen molar-refractivity contribution in [1.82, 2.24) is 15.3 Å². The summed E-state index contributed by atoms with van der Waals surface area (Å²) in [5.74, 6) is 0.571. The van der Waals surface area contributed by atoms with Crippen molar-refractivity contribution in [3.05, 3.63) is 12.4 Å². The van der Waals surface area contributed by atoms with E-state index in [1.807, 2.05) is 0 Å². The van der Waals surface area contributed by atoms with Gasteiger partial charge >= 0.3 is 0 Å². The SMILES string of the molecule is CNC(=O)C(C)Nc1nccnc1N. The highest BCUT2D eigenvalue weighted by molar-refractivity contribution is 5.84. The van der Waals surface area contributed by atoms with Crippen LogP contribution in [0, 0.1) is 0 Å². The Kier molecular flexibility index (Phi) is 3.22. The molecule has 1 rings (SSSR count). The first-order valence-corrected chi connectivity index (χ1v) is 4.19. The Morgan fingerprint density at radius 2 is 2.14 bits per heavy atom. The quantitative estimate of drug-likeness (QED) is 0.610. The number of carbonyl (C=O) groups is 1. The minimum atomic E-state index is -0.390. The lowest BCUT2D eigenvalue weighted by atomic mass is 10.3. The number of hydrogen-bond acceptors (Lipinski definition) is 5. The van der Waals surface area contributed by atoms with Gasteiger partial charge in [-0.1, -0.05) is 0 Å². The van der Waals surface area contributed by atoms with E-state index in [1.54, 1.807) is 14.0 Å². The van der Waals surface area contributed by atoms with Crippen molar-refractivity contribution in [2.24, 2.45) is 0 Å². The second kappa shape index (κ2) is 4.40. The zero-order chi connectivity index (χ0) is 10.6. The molecule has 1 amide bonds. The van der Waals surface area contributed by atoms with Crippen molar-refractivity contribution in [2.45, 2.75) is 13.0 Å². The predicted octanol–water partition coefficient (Wildman–Crippen LogP) is -0.395. The van der Waals surface area contributed by atoms with Gasteiger partial charge in [-0.15, -0.1) is 0 Å². The molecule has 4 N–H and O–H groups in total. The molecule has 76 valence electrons. The van der Waals surface area contributed by atoms with Crippen LogP contribution in [0.3, 0.4) is 0 Å². The first kappa shape index (κ1) is 10.2. The zero-order valence-corrected chi connectivity index (χ0v) is 8.11. The van der Waals surface area contributed by atoms with Gasteiger partial charge in [0.25, 0.3) is 0 Å². The van der Waals surface area contributed by atoms with Gasteiger partial charge in [0.1, 0.15) is 6.04 Å². The number of carbonyl (C=O) groups excluding carboxylic acids is 1. The molecule has 1 aromatic rings. The predicted molar refractivity (Wildman–Crippen MR) is 53.6 cm³/mol. The third kappa shape index (κ3) is 2.32. The summed E-state index contributed by atoms with van der Waals surface area (Å²) in [6.07, 6.45) is 3.00. The minimum Gasteiger partial charge on any atom is -0.381 e. The maximum absolute atomic E-state index is 11.2. The van der Waals surface area contributed by atoms with Crippen molar-refractivity contribution >= 4 is 17.5 Å². The molecule has 6 heteroatoms. The Labute approximate surface area is 81.9 Å². The van der Waals surface area contributed by atoms with E-state index in [9.17, 15) is 4.79 Å². The lowest BCUT2D eigenvalue weighted by Gasteiger charge is -2.13. The highest BCUT2D eigenvalue weighted by Gasteiger charge is 2.12. The normalized spacial score (nSPS) is 11.9. The summed E-state index contributed by atoms with van der Waals surface area (Å²) >= 11 is 0. The number of amides is 1. The van der Waals surface area contributed by atoms with Gasteiger partial charge in [-0.05, 0) is 6.92 Å². The standard InChI is InChI=1S/C8H13N5O/c1-5(8(14)10-2)13-7-6(9)11-3-4-12-7/h3-5H,1-2H3,(H2,9,11)(H,10,14)(H,12,13). The number of aromatic nitrogens is 2. The number of nitrogen functional groups attached to an aromatic ring is 1. The van der Waals surface area contributed by atoms with Crippen LogP contribution in [0.15, 0.2) is 12.4 Å². The number of anilines is 2. The second-order valence-corrected chi connectivity index (χ2v) is 2.77. The molecule has 1 heterocycles. The maximum atomic E-state index is 11.2. The van der Waals surface area contributed by atoms with Crippen LogP contribution >= 0.6 is 0 Å². The number of hydrogen-bond donors (Lipinski definition) is 3. The Morgan fingerprint density at radius 1 is 1.50 bits per heavy atom. The van der Waals surface area contributed by atoms with Crippen molar-refractivity contribution in [2.75, 3.05) is 18.1 Å². The van der Waals surface area contributed by atoms with Gasteiger partial charge in [0, 0.05) is 19.4 Å². The highest BCUT2D eigenvalue weighted by atomic mass is 16.2. The fourth-order valence-electron chi connectivity index (χ4n) is 0.947. The third-order valence-electron chi connectivity index (χ3n) is 1.72. The highest BCUT2D eigenvalue weighted by Crippen LogP contribution is 2.10. The first-order chi connectivity index (χ1) is 6.65. The Balaban J connectivity index is 2.69. The molecular weight excluding hydrogens is 182 g/mol. The molecular formula is C8H13N5O. The van der Waals surface area contributed by atoms with E-state index in [0.717, 1.165) is 0 Å². The topological polar surface area (TPSA) is 92.9 Å². The van der Waals surface area contributed by atoms with Crippen molar-refractivity contribution in [3.8, 4) is 0 Å². The molecule has 1 atom stereocenters. The number of nitrogens with two attached hydrogens (primary N) is 1. The van der Waals surface area contributed by atoms with Gasteiger partial charge in [0.2, 0.25) is 5.91 Å². The number of rotatable bonds is 3. The average molecular weight is 195 g/mol. The van der Waals surface area contributed by atoms with Gasteiger partial charge < -0.3 is 16.4 Å². The Hall–Kier alpha value is -1.85. The van der Waals surface area contributed by atoms with Crippen molar-refractivity contribution in [3.63, 3.8) is 0 Å². The van der Waals surface area contributed by atoms with Crippen LogP contribution in [0.5, 0.6) is 0 Å². The van der Waals surface area contributed by atoms with Crippen LogP contribution in [0.2, 0.25) is 0 Å². The van der Waals surface area contributed by atoms with Gasteiger partial charge in [0.05, 0.1) is 0 Å². The molecule has 0 saturated carbocycles. The summed E-state index contributed by atoms with van der Waals surface area (Å²) in [6.45, 7) is 1.72. The molecule has 6 nitrogen and oxygen atoms in total. The molecule has 0 fully saturated rings. The third-order valence-corrected chi connectivity index (χ3v) is 1.72. The van der Waals surface area contributed by atoms with Crippen molar-refractivity contribution < 1.29 is 4.79 Å². The van der Waals surface area contributed by atoms with E-state index < -0.39 is 0 Å². The van der Waals surface area contributed by atoms with E-state index in [1.165, 1.54) is 12.4 Å². The fourth-order valence-corrected chi connectivity index (χ4v) is 0.947. The van der Waals surface area contributed by atoms with E-state index in [0.29, 0.717) is 5.82 Å². The zero-order valence-electron chi connectivity index (χ0n) is 8.11. The van der Waals surface area contributed by atoms with E-state index >= 15 is 0 Å². The molecule has 0 bridgehead atoms. The first-order valence-electron chi connectivity index (χ1n) is 4.19. The van der Waals surface area contributed by atoms with E-state index in [2.05, 4.69) is 20.6 Å². The molecule has 0 aliphatic carbocycles. The summed E-state index contributed by atoms with van der Waals surface area (Å²) in [6, 6.07) is -0.390. The monoisotopic (exact) mass is 195 g/mol. The minimum absolute atomic E-state index is 0.130. The number of likely N-dealkylation sites (N-methyl/N-ethyl adjacent to an activating group) is 1. The van der Waals surface area contributed by atoms with Crippen LogP contribution in [0.4, 0.5) is 11.6 Å². The summed E-state index contributed by atoms with van der Waals surface area (Å²) in [7, 11) is 1.57. The maximum Gasteiger partial charge on any atom is 0.241 e.